The van der Waals surface area contributed by atoms with Crippen LogP contribution in [0.5, 0.6) is 5.88 Å². The number of pyridine rings is 1. The zero-order valence-corrected chi connectivity index (χ0v) is 20.3. The van der Waals surface area contributed by atoms with E-state index in [1.807, 2.05) is 12.1 Å². The van der Waals surface area contributed by atoms with Crippen molar-refractivity contribution in [2.75, 3.05) is 12.4 Å². The van der Waals surface area contributed by atoms with E-state index in [1.165, 1.54) is 6.07 Å². The number of nitrogens with two attached hydrogens (primary N) is 1. The molecular weight excluding hydrogens is 460 g/mol. The number of carbonyl (C=O) groups is 1. The first-order valence-corrected chi connectivity index (χ1v) is 12.9. The SMILES string of the molecule is COc1cc(-c2ccc3c(c2NC(=O)N=S(N)(=O)c2cc(C(C)(C)O)cs2)CCC3)ccn1. The average Bonchev–Trinajstić information content (AvgIpc) is 3.43. The Balaban J connectivity index is 1.71. The van der Waals surface area contributed by atoms with Gasteiger partial charge in [-0.3, -0.25) is 0 Å². The zero-order chi connectivity index (χ0) is 23.8. The third-order valence-corrected chi connectivity index (χ3v) is 8.42. The van der Waals surface area contributed by atoms with Crippen molar-refractivity contribution >= 4 is 33.0 Å². The van der Waals surface area contributed by atoms with Crippen molar-refractivity contribution in [3.05, 3.63) is 58.6 Å². The summed E-state index contributed by atoms with van der Waals surface area (Å²) in [7, 11) is -1.94. The van der Waals surface area contributed by atoms with Crippen molar-refractivity contribution in [3.63, 3.8) is 0 Å². The highest BCUT2D eigenvalue weighted by atomic mass is 32.2. The smallest absolute Gasteiger partial charge is 0.354 e. The van der Waals surface area contributed by atoms with Gasteiger partial charge >= 0.3 is 6.03 Å². The molecule has 4 rings (SSSR count). The molecule has 3 aromatic rings. The molecule has 0 bridgehead atoms. The molecule has 2 heterocycles. The predicted molar refractivity (Wildman–Crippen MR) is 130 cm³/mol. The minimum Gasteiger partial charge on any atom is -0.481 e. The summed E-state index contributed by atoms with van der Waals surface area (Å²) < 4.78 is 22.3. The monoisotopic (exact) mass is 486 g/mol. The fraction of sp³-hybridized carbons (Fsp3) is 0.304. The van der Waals surface area contributed by atoms with Crippen LogP contribution in [0, 0.1) is 0 Å². The number of anilines is 1. The number of nitrogens with zero attached hydrogens (tertiary/aromatic N) is 2. The van der Waals surface area contributed by atoms with E-state index in [-0.39, 0.29) is 4.21 Å². The summed E-state index contributed by atoms with van der Waals surface area (Å²) in [6.45, 7) is 3.24. The number of urea groups is 1. The summed E-state index contributed by atoms with van der Waals surface area (Å²) in [5, 5.41) is 20.6. The topological polar surface area (TPSA) is 127 Å². The van der Waals surface area contributed by atoms with Gasteiger partial charge in [-0.05, 0) is 72.9 Å². The third-order valence-electron chi connectivity index (χ3n) is 5.56. The average molecular weight is 487 g/mol. The van der Waals surface area contributed by atoms with Crippen molar-refractivity contribution in [3.8, 4) is 17.0 Å². The van der Waals surface area contributed by atoms with Gasteiger partial charge in [-0.2, -0.15) is 0 Å². The highest BCUT2D eigenvalue weighted by Crippen LogP contribution is 2.38. The van der Waals surface area contributed by atoms with Crippen LogP contribution in [0.4, 0.5) is 10.5 Å². The van der Waals surface area contributed by atoms with E-state index in [1.54, 1.807) is 38.6 Å². The Hall–Kier alpha value is -2.79. The largest absolute Gasteiger partial charge is 0.481 e. The molecule has 1 aliphatic carbocycles. The highest BCUT2D eigenvalue weighted by Gasteiger charge is 2.23. The molecular formula is C23H26N4O4S2. The van der Waals surface area contributed by atoms with Gasteiger partial charge in [0.1, 0.15) is 4.21 Å². The second-order valence-corrected chi connectivity index (χ2v) is 11.3. The predicted octanol–water partition coefficient (Wildman–Crippen LogP) is 4.47. The number of thiophene rings is 1. The first-order chi connectivity index (χ1) is 15.6. The lowest BCUT2D eigenvalue weighted by atomic mass is 9.98. The fourth-order valence-electron chi connectivity index (χ4n) is 3.83. The second kappa shape index (κ2) is 8.86. The van der Waals surface area contributed by atoms with Gasteiger partial charge in [-0.15, -0.1) is 15.7 Å². The van der Waals surface area contributed by atoms with Gasteiger partial charge in [-0.1, -0.05) is 12.1 Å². The molecule has 2 aromatic heterocycles. The number of benzene rings is 1. The maximum Gasteiger partial charge on any atom is 0.354 e. The van der Waals surface area contributed by atoms with Gasteiger partial charge in [0.15, 0.2) is 9.92 Å². The number of nitrogens with one attached hydrogen (secondary N) is 1. The van der Waals surface area contributed by atoms with Crippen molar-refractivity contribution in [2.24, 2.45) is 9.50 Å². The highest BCUT2D eigenvalue weighted by molar-refractivity contribution is 7.93. The van der Waals surface area contributed by atoms with E-state index in [0.29, 0.717) is 17.1 Å². The second-order valence-electron chi connectivity index (χ2n) is 8.37. The number of rotatable bonds is 5. The number of fused-ring (bicyclic) bond motifs is 1. The van der Waals surface area contributed by atoms with Gasteiger partial charge < -0.3 is 15.2 Å². The summed E-state index contributed by atoms with van der Waals surface area (Å²) in [6.07, 6.45) is 4.37. The van der Waals surface area contributed by atoms with Crippen molar-refractivity contribution in [1.29, 1.82) is 0 Å². The third kappa shape index (κ3) is 4.93. The Morgan fingerprint density at radius 1 is 1.30 bits per heavy atom. The number of aliphatic hydroxyl groups is 1. The lowest BCUT2D eigenvalue weighted by molar-refractivity contribution is 0.0789. The lowest BCUT2D eigenvalue weighted by Gasteiger charge is -2.16. The fourth-order valence-corrected chi connectivity index (χ4v) is 6.11. The number of hydrogen-bond acceptors (Lipinski definition) is 6. The minimum atomic E-state index is -3.48. The van der Waals surface area contributed by atoms with Crippen molar-refractivity contribution in [1.82, 2.24) is 4.98 Å². The Bertz CT molecular complexity index is 1330. The summed E-state index contributed by atoms with van der Waals surface area (Å²) >= 11 is 1.10. The normalized spacial score (nSPS) is 14.9. The first-order valence-electron chi connectivity index (χ1n) is 10.4. The molecule has 2 amide bonds. The van der Waals surface area contributed by atoms with Crippen LogP contribution in [-0.2, 0) is 28.4 Å². The number of hydrogen-bond donors (Lipinski definition) is 3. The molecule has 1 aromatic carbocycles. The lowest BCUT2D eigenvalue weighted by Crippen LogP contribution is -2.18. The number of ether oxygens (including phenoxy) is 1. The molecule has 33 heavy (non-hydrogen) atoms. The maximum atomic E-state index is 13.1. The minimum absolute atomic E-state index is 0.229. The van der Waals surface area contributed by atoms with E-state index in [9.17, 15) is 14.1 Å². The van der Waals surface area contributed by atoms with Crippen molar-refractivity contribution < 1.29 is 18.8 Å². The standard InChI is InChI=1S/C23H26N4O4S2/c1-23(2,29)16-12-20(32-13-16)33(24,30)27-22(28)26-21-17-6-4-5-14(17)7-8-18(21)15-9-10-25-19(11-15)31-3/h7-13,29H,4-6H2,1-3H3,(H3,24,26,27,28,30). The summed E-state index contributed by atoms with van der Waals surface area (Å²) in [6, 6.07) is 8.37. The molecule has 4 N–H and O–H groups in total. The molecule has 0 spiro atoms. The quantitative estimate of drug-likeness (QED) is 0.490. The zero-order valence-electron chi connectivity index (χ0n) is 18.6. The number of carbonyl (C=O) groups excluding carboxylic acids is 1. The molecule has 0 radical (unpaired) electrons. The molecule has 0 saturated carbocycles. The van der Waals surface area contributed by atoms with Gasteiger partial charge in [0.2, 0.25) is 5.88 Å². The van der Waals surface area contributed by atoms with Crippen LogP contribution in [0.2, 0.25) is 0 Å². The molecule has 1 atom stereocenters. The van der Waals surface area contributed by atoms with Crippen LogP contribution < -0.4 is 15.2 Å². The molecule has 0 aliphatic heterocycles. The molecule has 1 unspecified atom stereocenters. The number of methoxy groups -OCH3 is 1. The van der Waals surface area contributed by atoms with Crippen molar-refractivity contribution in [2.45, 2.75) is 42.9 Å². The van der Waals surface area contributed by atoms with Crippen LogP contribution in [0.25, 0.3) is 11.1 Å². The Kier molecular flexibility index (Phi) is 6.28. The van der Waals surface area contributed by atoms with Gasteiger partial charge in [0.25, 0.3) is 0 Å². The van der Waals surface area contributed by atoms with Gasteiger partial charge in [0.05, 0.1) is 18.4 Å². The van der Waals surface area contributed by atoms with Gasteiger partial charge in [0, 0.05) is 17.8 Å². The van der Waals surface area contributed by atoms with E-state index < -0.39 is 21.5 Å². The Labute approximate surface area is 197 Å². The number of aromatic nitrogens is 1. The summed E-state index contributed by atoms with van der Waals surface area (Å²) in [5.41, 5.74) is 3.90. The van der Waals surface area contributed by atoms with E-state index >= 15 is 0 Å². The molecule has 0 fully saturated rings. The van der Waals surface area contributed by atoms with Crippen LogP contribution >= 0.6 is 11.3 Å². The van der Waals surface area contributed by atoms with Crippen LogP contribution in [-0.4, -0.2) is 27.4 Å². The van der Waals surface area contributed by atoms with Crippen LogP contribution in [0.1, 0.15) is 37.0 Å². The van der Waals surface area contributed by atoms with Crippen LogP contribution in [0.3, 0.4) is 0 Å². The van der Waals surface area contributed by atoms with Crippen LogP contribution in [0.15, 0.2) is 50.5 Å². The van der Waals surface area contributed by atoms with Gasteiger partial charge in [-0.25, -0.2) is 19.1 Å². The Morgan fingerprint density at radius 3 is 2.79 bits per heavy atom. The van der Waals surface area contributed by atoms with E-state index in [0.717, 1.165) is 52.9 Å². The molecule has 0 saturated heterocycles. The number of amides is 2. The summed E-state index contributed by atoms with van der Waals surface area (Å²) in [4.78, 5) is 17.0. The molecule has 174 valence electrons. The molecule has 8 nitrogen and oxygen atoms in total. The number of aryl methyl sites for hydroxylation is 1. The molecule has 10 heteroatoms. The first kappa shape index (κ1) is 23.4. The summed E-state index contributed by atoms with van der Waals surface area (Å²) in [5.74, 6) is 0.459. The molecule has 1 aliphatic rings. The maximum absolute atomic E-state index is 13.1. The Morgan fingerprint density at radius 2 is 2.09 bits per heavy atom. The van der Waals surface area contributed by atoms with E-state index in [4.69, 9.17) is 9.88 Å². The van der Waals surface area contributed by atoms with E-state index in [2.05, 4.69) is 20.7 Å².